The van der Waals surface area contributed by atoms with Crippen LogP contribution in [-0.4, -0.2) is 23.2 Å². The van der Waals surface area contributed by atoms with Crippen LogP contribution in [0.15, 0.2) is 0 Å². The highest BCUT2D eigenvalue weighted by atomic mass is 16.3. The van der Waals surface area contributed by atoms with Gasteiger partial charge in [0.05, 0.1) is 12.1 Å². The average molecular weight is 241 g/mol. The van der Waals surface area contributed by atoms with Gasteiger partial charge in [-0.1, -0.05) is 46.0 Å². The molecule has 0 aromatic heterocycles. The number of unbranched alkanes of at least 4 members (excludes halogenated alkanes) is 1. The molecule has 1 saturated carbocycles. The fourth-order valence-corrected chi connectivity index (χ4v) is 2.58. The van der Waals surface area contributed by atoms with E-state index in [2.05, 4.69) is 12.2 Å². The molecule has 0 radical (unpaired) electrons. The highest BCUT2D eigenvalue weighted by Gasteiger charge is 2.33. The van der Waals surface area contributed by atoms with Crippen LogP contribution in [0.2, 0.25) is 0 Å². The quantitative estimate of drug-likeness (QED) is 0.751. The lowest BCUT2D eigenvalue weighted by atomic mass is 9.82. The molecule has 3 heteroatoms. The number of rotatable bonds is 6. The average Bonchev–Trinajstić information content (AvgIpc) is 2.36. The van der Waals surface area contributed by atoms with Crippen LogP contribution in [0.3, 0.4) is 0 Å². The molecule has 1 aliphatic carbocycles. The number of hydrogen-bond donors (Lipinski definition) is 2. The van der Waals surface area contributed by atoms with Gasteiger partial charge >= 0.3 is 0 Å². The molecule has 0 saturated heterocycles. The van der Waals surface area contributed by atoms with E-state index in [0.717, 1.165) is 44.9 Å². The fraction of sp³-hybridized carbons (Fsp3) is 0.929. The number of carbonyl (C=O) groups is 1. The zero-order chi connectivity index (χ0) is 12.7. The van der Waals surface area contributed by atoms with Gasteiger partial charge in [0.1, 0.15) is 0 Å². The molecule has 1 unspecified atom stereocenters. The van der Waals surface area contributed by atoms with Crippen LogP contribution in [0.25, 0.3) is 0 Å². The molecule has 0 aromatic rings. The van der Waals surface area contributed by atoms with Gasteiger partial charge in [-0.05, 0) is 19.3 Å². The Morgan fingerprint density at radius 2 is 2.00 bits per heavy atom. The van der Waals surface area contributed by atoms with Gasteiger partial charge in [0.15, 0.2) is 0 Å². The van der Waals surface area contributed by atoms with Crippen LogP contribution in [-0.2, 0) is 4.79 Å². The van der Waals surface area contributed by atoms with Crippen molar-refractivity contribution < 1.29 is 9.90 Å². The Balaban J connectivity index is 2.46. The van der Waals surface area contributed by atoms with E-state index in [9.17, 15) is 9.90 Å². The monoisotopic (exact) mass is 241 g/mol. The van der Waals surface area contributed by atoms with E-state index in [1.54, 1.807) is 0 Å². The molecule has 1 rings (SSSR count). The topological polar surface area (TPSA) is 49.3 Å². The summed E-state index contributed by atoms with van der Waals surface area (Å²) in [4.78, 5) is 12.1. The Kier molecular flexibility index (Phi) is 5.96. The molecule has 0 bridgehead atoms. The van der Waals surface area contributed by atoms with Gasteiger partial charge in [0.2, 0.25) is 5.91 Å². The van der Waals surface area contributed by atoms with Crippen molar-refractivity contribution in [2.45, 2.75) is 70.8 Å². The third-order valence-corrected chi connectivity index (χ3v) is 3.94. The van der Waals surface area contributed by atoms with Gasteiger partial charge in [-0.25, -0.2) is 0 Å². The van der Waals surface area contributed by atoms with Crippen molar-refractivity contribution in [1.29, 1.82) is 0 Å². The van der Waals surface area contributed by atoms with Crippen LogP contribution in [0.4, 0.5) is 0 Å². The SMILES string of the molecule is CCCCC(C)C(=O)NC1(CO)CCCCC1. The number of aliphatic hydroxyl groups excluding tert-OH is 1. The molecule has 3 nitrogen and oxygen atoms in total. The Morgan fingerprint density at radius 1 is 1.35 bits per heavy atom. The molecular weight excluding hydrogens is 214 g/mol. The van der Waals surface area contributed by atoms with Gasteiger partial charge in [-0.2, -0.15) is 0 Å². The Bertz CT molecular complexity index is 234. The van der Waals surface area contributed by atoms with E-state index in [1.807, 2.05) is 6.92 Å². The highest BCUT2D eigenvalue weighted by Crippen LogP contribution is 2.28. The zero-order valence-electron chi connectivity index (χ0n) is 11.3. The Labute approximate surface area is 105 Å². The molecule has 1 atom stereocenters. The highest BCUT2D eigenvalue weighted by molar-refractivity contribution is 5.79. The van der Waals surface area contributed by atoms with Crippen LogP contribution >= 0.6 is 0 Å². The summed E-state index contributed by atoms with van der Waals surface area (Å²) in [6.45, 7) is 4.21. The smallest absolute Gasteiger partial charge is 0.223 e. The molecule has 1 fully saturated rings. The second-order valence-electron chi connectivity index (χ2n) is 5.53. The second-order valence-corrected chi connectivity index (χ2v) is 5.53. The van der Waals surface area contributed by atoms with Crippen molar-refractivity contribution in [1.82, 2.24) is 5.32 Å². The minimum Gasteiger partial charge on any atom is -0.394 e. The lowest BCUT2D eigenvalue weighted by Crippen LogP contribution is -2.53. The van der Waals surface area contributed by atoms with Crippen molar-refractivity contribution in [3.63, 3.8) is 0 Å². The van der Waals surface area contributed by atoms with Crippen LogP contribution in [0.1, 0.15) is 65.2 Å². The lowest BCUT2D eigenvalue weighted by molar-refractivity contribution is -0.127. The van der Waals surface area contributed by atoms with Crippen molar-refractivity contribution in [2.75, 3.05) is 6.61 Å². The Morgan fingerprint density at radius 3 is 2.53 bits per heavy atom. The van der Waals surface area contributed by atoms with Gasteiger partial charge in [0, 0.05) is 5.92 Å². The number of amides is 1. The summed E-state index contributed by atoms with van der Waals surface area (Å²) in [7, 11) is 0. The zero-order valence-corrected chi connectivity index (χ0v) is 11.3. The summed E-state index contributed by atoms with van der Waals surface area (Å²) in [5.74, 6) is 0.190. The van der Waals surface area contributed by atoms with E-state index in [4.69, 9.17) is 0 Å². The van der Waals surface area contributed by atoms with Crippen LogP contribution < -0.4 is 5.32 Å². The molecule has 0 aromatic carbocycles. The van der Waals surface area contributed by atoms with E-state index in [0.29, 0.717) is 0 Å². The molecular formula is C14H27NO2. The molecule has 0 aliphatic heterocycles. The third kappa shape index (κ3) is 4.30. The van der Waals surface area contributed by atoms with Crippen molar-refractivity contribution in [3.05, 3.63) is 0 Å². The molecule has 2 N–H and O–H groups in total. The Hall–Kier alpha value is -0.570. The predicted molar refractivity (Wildman–Crippen MR) is 69.7 cm³/mol. The first-order valence-electron chi connectivity index (χ1n) is 7.06. The molecule has 1 amide bonds. The summed E-state index contributed by atoms with van der Waals surface area (Å²) in [6.07, 6.45) is 8.48. The predicted octanol–water partition coefficient (Wildman–Crippen LogP) is 2.62. The minimum absolute atomic E-state index is 0.0697. The first kappa shape index (κ1) is 14.5. The molecule has 17 heavy (non-hydrogen) atoms. The van der Waals surface area contributed by atoms with Gasteiger partial charge in [-0.15, -0.1) is 0 Å². The summed E-state index contributed by atoms with van der Waals surface area (Å²) in [5.41, 5.74) is -0.324. The summed E-state index contributed by atoms with van der Waals surface area (Å²) in [6, 6.07) is 0. The van der Waals surface area contributed by atoms with Crippen LogP contribution in [0.5, 0.6) is 0 Å². The van der Waals surface area contributed by atoms with Gasteiger partial charge in [-0.3, -0.25) is 4.79 Å². The summed E-state index contributed by atoms with van der Waals surface area (Å²) < 4.78 is 0. The van der Waals surface area contributed by atoms with E-state index in [-0.39, 0.29) is 24.0 Å². The first-order valence-corrected chi connectivity index (χ1v) is 7.06. The van der Waals surface area contributed by atoms with E-state index < -0.39 is 0 Å². The normalized spacial score (nSPS) is 20.9. The second kappa shape index (κ2) is 7.00. The maximum Gasteiger partial charge on any atom is 0.223 e. The lowest BCUT2D eigenvalue weighted by Gasteiger charge is -2.37. The molecule has 1 aliphatic rings. The van der Waals surface area contributed by atoms with Gasteiger partial charge in [0.25, 0.3) is 0 Å². The van der Waals surface area contributed by atoms with E-state index in [1.165, 1.54) is 6.42 Å². The minimum atomic E-state index is -0.324. The molecule has 0 spiro atoms. The van der Waals surface area contributed by atoms with Gasteiger partial charge < -0.3 is 10.4 Å². The number of hydrogen-bond acceptors (Lipinski definition) is 2. The third-order valence-electron chi connectivity index (χ3n) is 3.94. The van der Waals surface area contributed by atoms with E-state index >= 15 is 0 Å². The summed E-state index contributed by atoms with van der Waals surface area (Å²) in [5, 5.41) is 12.6. The van der Waals surface area contributed by atoms with Crippen molar-refractivity contribution in [3.8, 4) is 0 Å². The fourth-order valence-electron chi connectivity index (χ4n) is 2.58. The standard InChI is InChI=1S/C14H27NO2/c1-3-4-8-12(2)13(17)15-14(11-16)9-6-5-7-10-14/h12,16H,3-11H2,1-2H3,(H,15,17). The first-order chi connectivity index (χ1) is 8.13. The molecule has 100 valence electrons. The summed E-state index contributed by atoms with van der Waals surface area (Å²) >= 11 is 0. The number of carbonyl (C=O) groups excluding carboxylic acids is 1. The molecule has 0 heterocycles. The number of aliphatic hydroxyl groups is 1. The largest absolute Gasteiger partial charge is 0.394 e. The maximum absolute atomic E-state index is 12.1. The van der Waals surface area contributed by atoms with Crippen molar-refractivity contribution in [2.24, 2.45) is 5.92 Å². The van der Waals surface area contributed by atoms with Crippen molar-refractivity contribution >= 4 is 5.91 Å². The maximum atomic E-state index is 12.1. The van der Waals surface area contributed by atoms with Crippen LogP contribution in [0, 0.1) is 5.92 Å². The number of nitrogens with one attached hydrogen (secondary N) is 1.